The van der Waals surface area contributed by atoms with E-state index in [9.17, 15) is 13.2 Å². The summed E-state index contributed by atoms with van der Waals surface area (Å²) in [5.41, 5.74) is 1.45. The first-order valence-corrected chi connectivity index (χ1v) is 12.2. The van der Waals surface area contributed by atoms with Crippen LogP contribution in [0.15, 0.2) is 71.6 Å². The molecule has 6 nitrogen and oxygen atoms in total. The van der Waals surface area contributed by atoms with Crippen molar-refractivity contribution in [3.8, 4) is 5.75 Å². The van der Waals surface area contributed by atoms with Crippen LogP contribution in [0.1, 0.15) is 15.2 Å². The number of halogens is 1. The SMILES string of the molecule is COc1ccc(NC(=O)c2sc3ccccc3c2C)cc1S(=O)(=O)Nc1ccccc1Cl. The zero-order valence-electron chi connectivity index (χ0n) is 17.2. The van der Waals surface area contributed by atoms with Crippen LogP contribution in [0, 0.1) is 6.92 Å². The second kappa shape index (κ2) is 8.82. The van der Waals surface area contributed by atoms with Gasteiger partial charge >= 0.3 is 0 Å². The predicted molar refractivity (Wildman–Crippen MR) is 130 cm³/mol. The van der Waals surface area contributed by atoms with E-state index in [4.69, 9.17) is 16.3 Å². The summed E-state index contributed by atoms with van der Waals surface area (Å²) in [4.78, 5) is 13.4. The van der Waals surface area contributed by atoms with E-state index < -0.39 is 10.0 Å². The zero-order chi connectivity index (χ0) is 22.9. The van der Waals surface area contributed by atoms with E-state index >= 15 is 0 Å². The van der Waals surface area contributed by atoms with Gasteiger partial charge in [0.05, 0.1) is 22.7 Å². The van der Waals surface area contributed by atoms with E-state index in [0.29, 0.717) is 10.6 Å². The molecule has 1 aromatic heterocycles. The van der Waals surface area contributed by atoms with Gasteiger partial charge < -0.3 is 10.1 Å². The molecular formula is C23H19ClN2O4S2. The van der Waals surface area contributed by atoms with Gasteiger partial charge in [-0.1, -0.05) is 41.9 Å². The largest absolute Gasteiger partial charge is 0.495 e. The third-order valence-corrected chi connectivity index (χ3v) is 7.87. The van der Waals surface area contributed by atoms with Crippen LogP contribution < -0.4 is 14.8 Å². The monoisotopic (exact) mass is 486 g/mol. The minimum absolute atomic E-state index is 0.120. The Hall–Kier alpha value is -3.07. The van der Waals surface area contributed by atoms with Crippen molar-refractivity contribution in [2.45, 2.75) is 11.8 Å². The number of thiophene rings is 1. The van der Waals surface area contributed by atoms with Crippen molar-refractivity contribution in [1.82, 2.24) is 0 Å². The minimum atomic E-state index is -4.04. The number of hydrogen-bond donors (Lipinski definition) is 2. The maximum atomic E-state index is 13.1. The Kier molecular flexibility index (Phi) is 6.10. The summed E-state index contributed by atoms with van der Waals surface area (Å²) >= 11 is 7.48. The van der Waals surface area contributed by atoms with E-state index in [0.717, 1.165) is 15.6 Å². The highest BCUT2D eigenvalue weighted by atomic mass is 35.5. The van der Waals surface area contributed by atoms with Crippen LogP contribution in [0.3, 0.4) is 0 Å². The van der Waals surface area contributed by atoms with Crippen LogP contribution in [0.25, 0.3) is 10.1 Å². The Morgan fingerprint density at radius 1 is 1.03 bits per heavy atom. The molecule has 0 atom stereocenters. The lowest BCUT2D eigenvalue weighted by molar-refractivity contribution is 0.103. The molecular weight excluding hydrogens is 468 g/mol. The maximum absolute atomic E-state index is 13.1. The van der Waals surface area contributed by atoms with Crippen LogP contribution in [-0.2, 0) is 10.0 Å². The number of benzene rings is 3. The number of para-hydroxylation sites is 1. The molecule has 0 bridgehead atoms. The van der Waals surface area contributed by atoms with Gasteiger partial charge in [-0.15, -0.1) is 11.3 Å². The smallest absolute Gasteiger partial charge is 0.266 e. The van der Waals surface area contributed by atoms with Gasteiger partial charge in [-0.3, -0.25) is 9.52 Å². The molecule has 0 spiro atoms. The molecule has 32 heavy (non-hydrogen) atoms. The number of fused-ring (bicyclic) bond motifs is 1. The van der Waals surface area contributed by atoms with Gasteiger partial charge in [-0.25, -0.2) is 8.42 Å². The first-order chi connectivity index (χ1) is 15.3. The van der Waals surface area contributed by atoms with Crippen molar-refractivity contribution >= 4 is 60.3 Å². The molecule has 0 aliphatic carbocycles. The third kappa shape index (κ3) is 4.29. The lowest BCUT2D eigenvalue weighted by Gasteiger charge is -2.14. The fourth-order valence-electron chi connectivity index (χ4n) is 3.29. The van der Waals surface area contributed by atoms with Crippen molar-refractivity contribution in [2.24, 2.45) is 0 Å². The number of hydrogen-bond acceptors (Lipinski definition) is 5. The minimum Gasteiger partial charge on any atom is -0.495 e. The highest BCUT2D eigenvalue weighted by molar-refractivity contribution is 7.92. The van der Waals surface area contributed by atoms with Gasteiger partial charge in [-0.05, 0) is 54.3 Å². The number of amides is 1. The summed E-state index contributed by atoms with van der Waals surface area (Å²) in [6, 6.07) is 18.7. The molecule has 4 rings (SSSR count). The normalized spacial score (nSPS) is 11.3. The summed E-state index contributed by atoms with van der Waals surface area (Å²) in [6.45, 7) is 1.89. The molecule has 0 aliphatic heterocycles. The molecule has 4 aromatic rings. The number of anilines is 2. The fraction of sp³-hybridized carbons (Fsp3) is 0.0870. The van der Waals surface area contributed by atoms with Gasteiger partial charge in [0.25, 0.3) is 15.9 Å². The number of methoxy groups -OCH3 is 1. The lowest BCUT2D eigenvalue weighted by atomic mass is 10.1. The number of carbonyl (C=O) groups excluding carboxylic acids is 1. The van der Waals surface area contributed by atoms with Gasteiger partial charge in [0.15, 0.2) is 0 Å². The quantitative estimate of drug-likeness (QED) is 0.354. The van der Waals surface area contributed by atoms with E-state index in [1.807, 2.05) is 31.2 Å². The number of sulfonamides is 1. The molecule has 0 fully saturated rings. The molecule has 0 radical (unpaired) electrons. The van der Waals surface area contributed by atoms with Crippen molar-refractivity contribution < 1.29 is 17.9 Å². The first kappa shape index (κ1) is 22.1. The van der Waals surface area contributed by atoms with Crippen molar-refractivity contribution in [2.75, 3.05) is 17.1 Å². The van der Waals surface area contributed by atoms with Crippen LogP contribution in [0.4, 0.5) is 11.4 Å². The topological polar surface area (TPSA) is 84.5 Å². The summed E-state index contributed by atoms with van der Waals surface area (Å²) in [7, 11) is -2.66. The Labute approximate surface area is 194 Å². The Morgan fingerprint density at radius 2 is 1.75 bits per heavy atom. The molecule has 2 N–H and O–H groups in total. The second-order valence-corrected chi connectivity index (χ2v) is 10.1. The first-order valence-electron chi connectivity index (χ1n) is 9.55. The van der Waals surface area contributed by atoms with Gasteiger partial charge in [0.2, 0.25) is 0 Å². The number of aryl methyl sites for hydroxylation is 1. The van der Waals surface area contributed by atoms with Crippen LogP contribution in [-0.4, -0.2) is 21.4 Å². The molecule has 1 amide bonds. The van der Waals surface area contributed by atoms with Crippen LogP contribution in [0.5, 0.6) is 5.75 Å². The van der Waals surface area contributed by atoms with Crippen LogP contribution in [0.2, 0.25) is 5.02 Å². The Balaban J connectivity index is 1.66. The highest BCUT2D eigenvalue weighted by Gasteiger charge is 2.22. The molecule has 9 heteroatoms. The molecule has 3 aromatic carbocycles. The van der Waals surface area contributed by atoms with Gasteiger partial charge in [0.1, 0.15) is 10.6 Å². The van der Waals surface area contributed by atoms with Crippen molar-refractivity contribution in [3.63, 3.8) is 0 Å². The Bertz CT molecular complexity index is 1430. The van der Waals surface area contributed by atoms with E-state index in [2.05, 4.69) is 10.0 Å². The predicted octanol–water partition coefficient (Wildman–Crippen LogP) is 5.92. The molecule has 0 saturated heterocycles. The molecule has 0 saturated carbocycles. The van der Waals surface area contributed by atoms with Gasteiger partial charge in [0, 0.05) is 10.4 Å². The number of ether oxygens (including phenoxy) is 1. The summed E-state index contributed by atoms with van der Waals surface area (Å²) in [5, 5.41) is 4.08. The average Bonchev–Trinajstić information content (AvgIpc) is 3.12. The summed E-state index contributed by atoms with van der Waals surface area (Å²) in [6.07, 6.45) is 0. The molecule has 0 unspecified atom stereocenters. The van der Waals surface area contributed by atoms with Crippen molar-refractivity contribution in [3.05, 3.63) is 82.2 Å². The van der Waals surface area contributed by atoms with Crippen molar-refractivity contribution in [1.29, 1.82) is 0 Å². The zero-order valence-corrected chi connectivity index (χ0v) is 19.6. The standard InChI is InChI=1S/C23H19ClN2O4S2/c1-14-16-7-3-6-10-20(16)31-22(14)23(27)25-15-11-12-19(30-2)21(13-15)32(28,29)26-18-9-5-4-8-17(18)24/h3-13,26H,1-2H3,(H,25,27). The summed E-state index contributed by atoms with van der Waals surface area (Å²) < 4.78 is 34.8. The fourth-order valence-corrected chi connectivity index (χ4v) is 5.91. The highest BCUT2D eigenvalue weighted by Crippen LogP contribution is 2.33. The van der Waals surface area contributed by atoms with Crippen LogP contribution >= 0.6 is 22.9 Å². The summed E-state index contributed by atoms with van der Waals surface area (Å²) in [5.74, 6) is -0.170. The second-order valence-electron chi connectivity index (χ2n) is 6.96. The van der Waals surface area contributed by atoms with E-state index in [1.54, 1.807) is 30.3 Å². The third-order valence-electron chi connectivity index (χ3n) is 4.88. The lowest BCUT2D eigenvalue weighted by Crippen LogP contribution is -2.16. The average molecular weight is 487 g/mol. The molecule has 1 heterocycles. The molecule has 164 valence electrons. The number of carbonyl (C=O) groups is 1. The number of rotatable bonds is 6. The van der Waals surface area contributed by atoms with E-state index in [1.165, 1.54) is 30.6 Å². The van der Waals surface area contributed by atoms with Gasteiger partial charge in [-0.2, -0.15) is 0 Å². The molecule has 0 aliphatic rings. The maximum Gasteiger partial charge on any atom is 0.266 e. The van der Waals surface area contributed by atoms with E-state index in [-0.39, 0.29) is 27.3 Å². The Morgan fingerprint density at radius 3 is 2.47 bits per heavy atom. The number of nitrogens with one attached hydrogen (secondary N) is 2.